The van der Waals surface area contributed by atoms with E-state index in [0.717, 1.165) is 0 Å². The molecule has 1 heterocycles. The highest BCUT2D eigenvalue weighted by molar-refractivity contribution is 5.94. The maximum atomic E-state index is 12.2. The van der Waals surface area contributed by atoms with Crippen LogP contribution in [0.3, 0.4) is 0 Å². The molecule has 5 nitrogen and oxygen atoms in total. The first kappa shape index (κ1) is 14.8. The molecule has 2 rings (SSSR count). The van der Waals surface area contributed by atoms with Crippen LogP contribution in [0.1, 0.15) is 13.3 Å². The van der Waals surface area contributed by atoms with Crippen LogP contribution in [0.4, 0.5) is 5.69 Å². The number of para-hydroxylation sites is 2. The Morgan fingerprint density at radius 2 is 2.00 bits per heavy atom. The topological polar surface area (TPSA) is 60.5 Å². The van der Waals surface area contributed by atoms with E-state index in [0.29, 0.717) is 23.6 Å². The number of benzene rings is 1. The number of methoxy groups -OCH3 is 1. The Morgan fingerprint density at radius 1 is 1.24 bits per heavy atom. The lowest BCUT2D eigenvalue weighted by molar-refractivity contribution is -0.122. The van der Waals surface area contributed by atoms with Crippen LogP contribution in [0.2, 0.25) is 0 Å². The number of rotatable bonds is 6. The highest BCUT2D eigenvalue weighted by atomic mass is 16.5. The summed E-state index contributed by atoms with van der Waals surface area (Å²) in [5.41, 5.74) is 0.643. The lowest BCUT2D eigenvalue weighted by atomic mass is 10.2. The lowest BCUT2D eigenvalue weighted by Gasteiger charge is -2.18. The van der Waals surface area contributed by atoms with Gasteiger partial charge in [0.2, 0.25) is 0 Å². The molecule has 1 aromatic carbocycles. The largest absolute Gasteiger partial charge is 0.493 e. The van der Waals surface area contributed by atoms with E-state index in [4.69, 9.17) is 9.47 Å². The molecule has 0 spiro atoms. The number of aromatic nitrogens is 1. The number of carbonyl (C=O) groups is 1. The Kier molecular flexibility index (Phi) is 5.15. The first-order valence-electron chi connectivity index (χ1n) is 6.75. The zero-order chi connectivity index (χ0) is 15.1. The van der Waals surface area contributed by atoms with Crippen LogP contribution in [-0.4, -0.2) is 24.1 Å². The number of anilines is 1. The van der Waals surface area contributed by atoms with Gasteiger partial charge in [0.1, 0.15) is 0 Å². The van der Waals surface area contributed by atoms with Crippen molar-refractivity contribution in [3.8, 4) is 11.5 Å². The molecule has 1 atom stereocenters. The van der Waals surface area contributed by atoms with Crippen LogP contribution in [0, 0.1) is 0 Å². The van der Waals surface area contributed by atoms with E-state index >= 15 is 0 Å². The van der Waals surface area contributed by atoms with Crippen molar-refractivity contribution in [3.63, 3.8) is 0 Å². The molecule has 110 valence electrons. The van der Waals surface area contributed by atoms with Crippen LogP contribution in [0.25, 0.3) is 0 Å². The Balaban J connectivity index is 2.07. The maximum absolute atomic E-state index is 12.2. The molecule has 0 bridgehead atoms. The average Bonchev–Trinajstić information content (AvgIpc) is 2.53. The second kappa shape index (κ2) is 7.28. The summed E-state index contributed by atoms with van der Waals surface area (Å²) < 4.78 is 11.0. The SMILES string of the molecule is CC[C@@H](Oc1ccccc1OC)C(=O)Nc1cccnc1. The molecule has 21 heavy (non-hydrogen) atoms. The minimum Gasteiger partial charge on any atom is -0.493 e. The predicted molar refractivity (Wildman–Crippen MR) is 80.6 cm³/mol. The van der Waals surface area contributed by atoms with Crippen molar-refractivity contribution in [1.29, 1.82) is 0 Å². The van der Waals surface area contributed by atoms with Gasteiger partial charge in [-0.1, -0.05) is 19.1 Å². The second-order valence-corrected chi connectivity index (χ2v) is 4.40. The van der Waals surface area contributed by atoms with E-state index in [1.54, 1.807) is 43.8 Å². The molecule has 0 fully saturated rings. The average molecular weight is 286 g/mol. The lowest BCUT2D eigenvalue weighted by Crippen LogP contribution is -2.32. The Morgan fingerprint density at radius 3 is 2.62 bits per heavy atom. The first-order chi connectivity index (χ1) is 10.2. The summed E-state index contributed by atoms with van der Waals surface area (Å²) in [7, 11) is 1.57. The van der Waals surface area contributed by atoms with Gasteiger partial charge in [-0.25, -0.2) is 0 Å². The third kappa shape index (κ3) is 3.95. The van der Waals surface area contributed by atoms with Gasteiger partial charge in [0.25, 0.3) is 5.91 Å². The van der Waals surface area contributed by atoms with Crippen LogP contribution in [0.5, 0.6) is 11.5 Å². The van der Waals surface area contributed by atoms with E-state index in [1.807, 2.05) is 19.1 Å². The standard InChI is InChI=1S/C16H18N2O3/c1-3-13(16(19)18-12-7-6-10-17-11-12)21-15-9-5-4-8-14(15)20-2/h4-11,13H,3H2,1-2H3,(H,18,19)/t13-/m1/s1. The van der Waals surface area contributed by atoms with E-state index in [9.17, 15) is 4.79 Å². The normalized spacial score (nSPS) is 11.5. The summed E-state index contributed by atoms with van der Waals surface area (Å²) in [6.45, 7) is 1.89. The van der Waals surface area contributed by atoms with Crippen LogP contribution in [-0.2, 0) is 4.79 Å². The molecule has 0 unspecified atom stereocenters. The summed E-state index contributed by atoms with van der Waals surface area (Å²) in [4.78, 5) is 16.2. The van der Waals surface area contributed by atoms with Crippen LogP contribution in [0.15, 0.2) is 48.8 Å². The molecule has 0 aliphatic heterocycles. The molecule has 0 radical (unpaired) electrons. The van der Waals surface area contributed by atoms with Gasteiger partial charge in [0.15, 0.2) is 17.6 Å². The van der Waals surface area contributed by atoms with Gasteiger partial charge >= 0.3 is 0 Å². The molecule has 1 aromatic heterocycles. The van der Waals surface area contributed by atoms with Crippen LogP contribution >= 0.6 is 0 Å². The van der Waals surface area contributed by atoms with Crippen molar-refractivity contribution in [1.82, 2.24) is 4.98 Å². The number of hydrogen-bond donors (Lipinski definition) is 1. The molecule has 1 amide bonds. The summed E-state index contributed by atoms with van der Waals surface area (Å²) in [5, 5.41) is 2.78. The maximum Gasteiger partial charge on any atom is 0.265 e. The first-order valence-corrected chi connectivity index (χ1v) is 6.75. The molecule has 0 aliphatic carbocycles. The molecule has 1 N–H and O–H groups in total. The third-order valence-electron chi connectivity index (χ3n) is 2.93. The minimum absolute atomic E-state index is 0.212. The van der Waals surface area contributed by atoms with Crippen molar-refractivity contribution >= 4 is 11.6 Å². The number of pyridine rings is 1. The van der Waals surface area contributed by atoms with Gasteiger partial charge in [-0.3, -0.25) is 9.78 Å². The van der Waals surface area contributed by atoms with Gasteiger partial charge in [-0.05, 0) is 30.7 Å². The monoisotopic (exact) mass is 286 g/mol. The number of amides is 1. The van der Waals surface area contributed by atoms with Crippen molar-refractivity contribution in [2.45, 2.75) is 19.4 Å². The van der Waals surface area contributed by atoms with Gasteiger partial charge in [0.05, 0.1) is 19.0 Å². The summed E-state index contributed by atoms with van der Waals surface area (Å²) in [5.74, 6) is 0.940. The summed E-state index contributed by atoms with van der Waals surface area (Å²) in [6.07, 6.45) is 3.19. The smallest absolute Gasteiger partial charge is 0.265 e. The van der Waals surface area contributed by atoms with Gasteiger partial charge < -0.3 is 14.8 Å². The molecular weight excluding hydrogens is 268 g/mol. The zero-order valence-electron chi connectivity index (χ0n) is 12.1. The number of ether oxygens (including phenoxy) is 2. The molecule has 0 aliphatic rings. The number of nitrogens with zero attached hydrogens (tertiary/aromatic N) is 1. The second-order valence-electron chi connectivity index (χ2n) is 4.40. The number of nitrogens with one attached hydrogen (secondary N) is 1. The highest BCUT2D eigenvalue weighted by Crippen LogP contribution is 2.27. The van der Waals surface area contributed by atoms with Crippen LogP contribution < -0.4 is 14.8 Å². The summed E-state index contributed by atoms with van der Waals surface area (Å²) in [6, 6.07) is 10.8. The van der Waals surface area contributed by atoms with Gasteiger partial charge in [-0.2, -0.15) is 0 Å². The quantitative estimate of drug-likeness (QED) is 0.887. The highest BCUT2D eigenvalue weighted by Gasteiger charge is 2.20. The fourth-order valence-electron chi connectivity index (χ4n) is 1.85. The Hall–Kier alpha value is -2.56. The fraction of sp³-hybridized carbons (Fsp3) is 0.250. The van der Waals surface area contributed by atoms with Gasteiger partial charge in [-0.15, -0.1) is 0 Å². The van der Waals surface area contributed by atoms with Crippen molar-refractivity contribution in [3.05, 3.63) is 48.8 Å². The molecular formula is C16H18N2O3. The molecule has 2 aromatic rings. The Bertz CT molecular complexity index is 587. The van der Waals surface area contributed by atoms with E-state index < -0.39 is 6.10 Å². The van der Waals surface area contributed by atoms with Crippen molar-refractivity contribution < 1.29 is 14.3 Å². The van der Waals surface area contributed by atoms with Crippen molar-refractivity contribution in [2.75, 3.05) is 12.4 Å². The van der Waals surface area contributed by atoms with Gasteiger partial charge in [0, 0.05) is 6.20 Å². The van der Waals surface area contributed by atoms with E-state index in [2.05, 4.69) is 10.3 Å². The third-order valence-corrected chi connectivity index (χ3v) is 2.93. The minimum atomic E-state index is -0.596. The number of carbonyl (C=O) groups excluding carboxylic acids is 1. The molecule has 0 saturated heterocycles. The molecule has 5 heteroatoms. The predicted octanol–water partition coefficient (Wildman–Crippen LogP) is 2.89. The number of hydrogen-bond acceptors (Lipinski definition) is 4. The summed E-state index contributed by atoms with van der Waals surface area (Å²) >= 11 is 0. The van der Waals surface area contributed by atoms with E-state index in [-0.39, 0.29) is 5.91 Å². The Labute approximate surface area is 123 Å². The molecule has 0 saturated carbocycles. The van der Waals surface area contributed by atoms with Crippen molar-refractivity contribution in [2.24, 2.45) is 0 Å². The fourth-order valence-corrected chi connectivity index (χ4v) is 1.85. The van der Waals surface area contributed by atoms with E-state index in [1.165, 1.54) is 0 Å². The zero-order valence-corrected chi connectivity index (χ0v) is 12.1.